The van der Waals surface area contributed by atoms with Crippen molar-refractivity contribution in [2.45, 2.75) is 6.10 Å². The molecule has 0 bridgehead atoms. The highest BCUT2D eigenvalue weighted by Crippen LogP contribution is 2.36. The number of methoxy groups -OCH3 is 1. The van der Waals surface area contributed by atoms with Crippen LogP contribution in [-0.2, 0) is 9.59 Å². The highest BCUT2D eigenvalue weighted by atomic mass is 79.9. The fourth-order valence-corrected chi connectivity index (χ4v) is 3.18. The maximum absolute atomic E-state index is 12.3. The predicted octanol–water partition coefficient (Wildman–Crippen LogP) is 2.21. The van der Waals surface area contributed by atoms with E-state index in [1.165, 1.54) is 18.2 Å². The summed E-state index contributed by atoms with van der Waals surface area (Å²) in [7, 11) is 4.79. The topological polar surface area (TPSA) is 98.7 Å². The van der Waals surface area contributed by atoms with Crippen LogP contribution < -0.4 is 24.4 Å². The summed E-state index contributed by atoms with van der Waals surface area (Å²) in [6.45, 7) is -0.0342. The maximum atomic E-state index is 12.3. The van der Waals surface area contributed by atoms with E-state index in [2.05, 4.69) is 26.5 Å². The second-order valence-corrected chi connectivity index (χ2v) is 7.56. The summed E-state index contributed by atoms with van der Waals surface area (Å²) in [6, 6.07) is 10.5. The van der Waals surface area contributed by atoms with Gasteiger partial charge in [0.2, 0.25) is 6.10 Å². The summed E-state index contributed by atoms with van der Waals surface area (Å²) in [6.07, 6.45) is 0.649. The molecule has 31 heavy (non-hydrogen) atoms. The molecule has 2 aromatic rings. The van der Waals surface area contributed by atoms with E-state index in [4.69, 9.17) is 18.9 Å². The molecular weight excluding hydrogens is 470 g/mol. The SMILES string of the molecule is COc1cc(/C=N/NC(=O)C2COc3ccccc3O2)cc(Br)c1OCC(=O)N(C)C. The number of ether oxygens (including phenoxy) is 4. The number of amides is 2. The van der Waals surface area contributed by atoms with Crippen LogP contribution in [0.2, 0.25) is 0 Å². The molecule has 1 heterocycles. The summed E-state index contributed by atoms with van der Waals surface area (Å²) in [5, 5.41) is 3.98. The van der Waals surface area contributed by atoms with E-state index in [1.54, 1.807) is 44.4 Å². The molecule has 0 aromatic heterocycles. The lowest BCUT2D eigenvalue weighted by atomic mass is 10.2. The van der Waals surface area contributed by atoms with Gasteiger partial charge < -0.3 is 23.8 Å². The molecule has 9 nitrogen and oxygen atoms in total. The lowest BCUT2D eigenvalue weighted by Gasteiger charge is -2.24. The largest absolute Gasteiger partial charge is 0.493 e. The van der Waals surface area contributed by atoms with Crippen LogP contribution in [0.15, 0.2) is 46.0 Å². The molecule has 1 atom stereocenters. The molecule has 3 rings (SSSR count). The summed E-state index contributed by atoms with van der Waals surface area (Å²) >= 11 is 3.41. The minimum Gasteiger partial charge on any atom is -0.493 e. The molecule has 0 fully saturated rings. The number of carbonyl (C=O) groups excluding carboxylic acids is 2. The number of fused-ring (bicyclic) bond motifs is 1. The number of rotatable bonds is 7. The zero-order valence-corrected chi connectivity index (χ0v) is 18.8. The van der Waals surface area contributed by atoms with Crippen LogP contribution in [0, 0.1) is 0 Å². The van der Waals surface area contributed by atoms with Crippen LogP contribution in [0.1, 0.15) is 5.56 Å². The van der Waals surface area contributed by atoms with Crippen LogP contribution in [0.5, 0.6) is 23.0 Å². The third kappa shape index (κ3) is 5.66. The fourth-order valence-electron chi connectivity index (χ4n) is 2.61. The van der Waals surface area contributed by atoms with E-state index in [-0.39, 0.29) is 19.1 Å². The van der Waals surface area contributed by atoms with Crippen molar-refractivity contribution in [2.24, 2.45) is 5.10 Å². The van der Waals surface area contributed by atoms with Gasteiger partial charge in [-0.1, -0.05) is 12.1 Å². The number of hydrogen-bond donors (Lipinski definition) is 1. The van der Waals surface area contributed by atoms with Crippen LogP contribution in [0.25, 0.3) is 0 Å². The quantitative estimate of drug-likeness (QED) is 0.470. The predicted molar refractivity (Wildman–Crippen MR) is 117 cm³/mol. The Labute approximate surface area is 188 Å². The third-order valence-electron chi connectivity index (χ3n) is 4.28. The van der Waals surface area contributed by atoms with Gasteiger partial charge in [0, 0.05) is 14.1 Å². The molecule has 164 valence electrons. The van der Waals surface area contributed by atoms with Gasteiger partial charge in [0.1, 0.15) is 6.61 Å². The highest BCUT2D eigenvalue weighted by Gasteiger charge is 2.27. The number of nitrogens with zero attached hydrogens (tertiary/aromatic N) is 2. The van der Waals surface area contributed by atoms with Crippen molar-refractivity contribution in [1.82, 2.24) is 10.3 Å². The number of benzene rings is 2. The van der Waals surface area contributed by atoms with E-state index in [1.807, 2.05) is 6.07 Å². The number of likely N-dealkylation sites (N-methyl/N-ethyl adjacent to an activating group) is 1. The third-order valence-corrected chi connectivity index (χ3v) is 4.87. The van der Waals surface area contributed by atoms with E-state index >= 15 is 0 Å². The summed E-state index contributed by atoms with van der Waals surface area (Å²) in [4.78, 5) is 25.5. The van der Waals surface area contributed by atoms with Crippen molar-refractivity contribution in [3.05, 3.63) is 46.4 Å². The fraction of sp³-hybridized carbons (Fsp3) is 0.286. The standard InChI is InChI=1S/C21H22BrN3O6/c1-25(2)19(26)12-30-20-14(22)8-13(9-17(20)28-3)10-23-24-21(27)18-11-29-15-6-4-5-7-16(15)31-18/h4-10,18H,11-12H2,1-3H3,(H,24,27)/b23-10+. The minimum absolute atomic E-state index is 0.0927. The number of para-hydroxylation sites is 2. The van der Waals surface area contributed by atoms with Crippen molar-refractivity contribution in [1.29, 1.82) is 0 Å². The van der Waals surface area contributed by atoms with E-state index < -0.39 is 12.0 Å². The van der Waals surface area contributed by atoms with Crippen molar-refractivity contribution in [2.75, 3.05) is 34.4 Å². The van der Waals surface area contributed by atoms with Crippen LogP contribution >= 0.6 is 15.9 Å². The molecule has 2 amide bonds. The number of hydrazone groups is 1. The Balaban J connectivity index is 1.62. The Morgan fingerprint density at radius 2 is 2.03 bits per heavy atom. The maximum Gasteiger partial charge on any atom is 0.284 e. The Hall–Kier alpha value is -3.27. The van der Waals surface area contributed by atoms with E-state index in [0.717, 1.165) is 0 Å². The number of nitrogens with one attached hydrogen (secondary N) is 1. The second kappa shape index (κ2) is 10.2. The molecule has 1 N–H and O–H groups in total. The first kappa shape index (κ1) is 22.4. The lowest BCUT2D eigenvalue weighted by molar-refractivity contribution is -0.131. The zero-order chi connectivity index (χ0) is 22.4. The van der Waals surface area contributed by atoms with Crippen molar-refractivity contribution < 1.29 is 28.5 Å². The van der Waals surface area contributed by atoms with Gasteiger partial charge >= 0.3 is 0 Å². The van der Waals surface area contributed by atoms with Gasteiger partial charge in [-0.3, -0.25) is 9.59 Å². The van der Waals surface area contributed by atoms with E-state index in [9.17, 15) is 9.59 Å². The van der Waals surface area contributed by atoms with Crippen LogP contribution in [0.3, 0.4) is 0 Å². The summed E-state index contributed by atoms with van der Waals surface area (Å²) < 4.78 is 22.7. The van der Waals surface area contributed by atoms with Crippen molar-refractivity contribution in [3.8, 4) is 23.0 Å². The van der Waals surface area contributed by atoms with E-state index in [0.29, 0.717) is 33.0 Å². The van der Waals surface area contributed by atoms with Gasteiger partial charge in [-0.2, -0.15) is 5.10 Å². The Morgan fingerprint density at radius 3 is 2.74 bits per heavy atom. The van der Waals surface area contributed by atoms with Gasteiger partial charge in [0.05, 0.1) is 17.8 Å². The van der Waals surface area contributed by atoms with Crippen molar-refractivity contribution in [3.63, 3.8) is 0 Å². The smallest absolute Gasteiger partial charge is 0.284 e. The van der Waals surface area contributed by atoms with Gasteiger partial charge in [-0.25, -0.2) is 5.43 Å². The Bertz CT molecular complexity index is 995. The molecule has 0 radical (unpaired) electrons. The lowest BCUT2D eigenvalue weighted by Crippen LogP contribution is -2.42. The summed E-state index contributed by atoms with van der Waals surface area (Å²) in [5.74, 6) is 1.30. The molecule has 1 aliphatic rings. The number of halogens is 1. The van der Waals surface area contributed by atoms with Crippen LogP contribution in [0.4, 0.5) is 0 Å². The van der Waals surface area contributed by atoms with Gasteiger partial charge in [0.15, 0.2) is 29.6 Å². The van der Waals surface area contributed by atoms with Gasteiger partial charge in [0.25, 0.3) is 11.8 Å². The molecule has 0 saturated carbocycles. The average Bonchev–Trinajstić information content (AvgIpc) is 2.77. The van der Waals surface area contributed by atoms with Crippen molar-refractivity contribution >= 4 is 34.0 Å². The van der Waals surface area contributed by atoms with Crippen LogP contribution in [-0.4, -0.2) is 63.5 Å². The zero-order valence-electron chi connectivity index (χ0n) is 17.3. The molecule has 10 heteroatoms. The molecule has 1 aliphatic heterocycles. The first-order valence-electron chi connectivity index (χ1n) is 9.31. The monoisotopic (exact) mass is 491 g/mol. The first-order chi connectivity index (χ1) is 14.9. The molecule has 0 saturated heterocycles. The molecule has 0 aliphatic carbocycles. The molecule has 2 aromatic carbocycles. The first-order valence-corrected chi connectivity index (χ1v) is 10.1. The molecule has 1 unspecified atom stereocenters. The number of carbonyl (C=O) groups is 2. The second-order valence-electron chi connectivity index (χ2n) is 6.71. The molecule has 0 spiro atoms. The normalized spacial score (nSPS) is 14.8. The summed E-state index contributed by atoms with van der Waals surface area (Å²) in [5.41, 5.74) is 3.08. The average molecular weight is 492 g/mol. The molecular formula is C21H22BrN3O6. The minimum atomic E-state index is -0.807. The highest BCUT2D eigenvalue weighted by molar-refractivity contribution is 9.10. The number of hydrogen-bond acceptors (Lipinski definition) is 7. The Morgan fingerprint density at radius 1 is 1.29 bits per heavy atom. The van der Waals surface area contributed by atoms with Gasteiger partial charge in [-0.05, 0) is 45.8 Å². The Kier molecular flexibility index (Phi) is 7.35. The van der Waals surface area contributed by atoms with Gasteiger partial charge in [-0.15, -0.1) is 0 Å².